The molecule has 0 aromatic rings. The Morgan fingerprint density at radius 2 is 2.31 bits per heavy atom. The second-order valence-corrected chi connectivity index (χ2v) is 4.72. The lowest BCUT2D eigenvalue weighted by Gasteiger charge is -2.28. The molecule has 0 radical (unpaired) electrons. The van der Waals surface area contributed by atoms with E-state index in [2.05, 4.69) is 0 Å². The number of carbonyl (C=O) groups is 1. The van der Waals surface area contributed by atoms with Crippen molar-refractivity contribution in [2.24, 2.45) is 5.41 Å². The van der Waals surface area contributed by atoms with Crippen molar-refractivity contribution in [3.63, 3.8) is 0 Å². The van der Waals surface area contributed by atoms with Crippen LogP contribution in [-0.2, 0) is 9.53 Å². The topological polar surface area (TPSA) is 53.3 Å². The van der Waals surface area contributed by atoms with Gasteiger partial charge >= 0.3 is 0 Å². The van der Waals surface area contributed by atoms with Gasteiger partial charge in [-0.1, -0.05) is 0 Å². The Hall–Kier alpha value is -1.08. The van der Waals surface area contributed by atoms with E-state index in [9.17, 15) is 4.79 Å². The average Bonchev–Trinajstić information content (AvgIpc) is 2.77. The number of amides is 1. The maximum absolute atomic E-state index is 12.1. The third kappa shape index (κ3) is 2.96. The molecule has 0 aromatic carbocycles. The van der Waals surface area contributed by atoms with Crippen LogP contribution in [-0.4, -0.2) is 36.6 Å². The van der Waals surface area contributed by atoms with Crippen LogP contribution in [0, 0.1) is 16.7 Å². The van der Waals surface area contributed by atoms with Gasteiger partial charge in [-0.25, -0.2) is 0 Å². The van der Waals surface area contributed by atoms with Crippen molar-refractivity contribution < 1.29 is 9.53 Å². The number of nitriles is 1. The summed E-state index contributed by atoms with van der Waals surface area (Å²) in [7, 11) is 0. The lowest BCUT2D eigenvalue weighted by atomic mass is 9.93. The molecule has 1 atom stereocenters. The normalized spacial score (nSPS) is 20.5. The molecule has 1 fully saturated rings. The molecule has 0 N–H and O–H groups in total. The number of hydrogen-bond acceptors (Lipinski definition) is 3. The molecule has 1 aliphatic rings. The third-order valence-electron chi connectivity index (χ3n) is 2.93. The molecule has 0 aliphatic carbocycles. The van der Waals surface area contributed by atoms with Crippen LogP contribution in [0.4, 0.5) is 0 Å². The molecule has 0 spiro atoms. The van der Waals surface area contributed by atoms with Gasteiger partial charge in [0.2, 0.25) is 5.91 Å². The quantitative estimate of drug-likeness (QED) is 0.728. The number of carbonyl (C=O) groups excluding carboxylic acids is 1. The van der Waals surface area contributed by atoms with Crippen LogP contribution in [0.25, 0.3) is 0 Å². The predicted molar refractivity (Wildman–Crippen MR) is 60.6 cm³/mol. The van der Waals surface area contributed by atoms with E-state index in [-0.39, 0.29) is 12.0 Å². The summed E-state index contributed by atoms with van der Waals surface area (Å²) in [6.45, 7) is 7.28. The number of hydrogen-bond donors (Lipinski definition) is 0. The van der Waals surface area contributed by atoms with Crippen molar-refractivity contribution in [3.05, 3.63) is 0 Å². The molecule has 1 rings (SSSR count). The number of ether oxygens (including phenoxy) is 1. The van der Waals surface area contributed by atoms with Gasteiger partial charge in [-0.2, -0.15) is 5.26 Å². The average molecular weight is 224 g/mol. The predicted octanol–water partition coefficient (Wildman–Crippen LogP) is 1.56. The fourth-order valence-electron chi connectivity index (χ4n) is 1.83. The van der Waals surface area contributed by atoms with Gasteiger partial charge < -0.3 is 9.64 Å². The zero-order chi connectivity index (χ0) is 12.2. The third-order valence-corrected chi connectivity index (χ3v) is 2.93. The molecule has 90 valence electrons. The maximum atomic E-state index is 12.1. The molecular formula is C12H20N2O2. The number of nitrogens with zero attached hydrogens (tertiary/aromatic N) is 2. The van der Waals surface area contributed by atoms with E-state index in [1.54, 1.807) is 18.7 Å². The molecule has 0 saturated carbocycles. The van der Waals surface area contributed by atoms with Crippen LogP contribution in [0.1, 0.15) is 33.6 Å². The Labute approximate surface area is 97.2 Å². The van der Waals surface area contributed by atoms with Crippen molar-refractivity contribution in [3.8, 4) is 6.07 Å². The van der Waals surface area contributed by atoms with Gasteiger partial charge in [0.05, 0.1) is 12.2 Å². The monoisotopic (exact) mass is 224 g/mol. The Morgan fingerprint density at radius 3 is 2.75 bits per heavy atom. The van der Waals surface area contributed by atoms with Gasteiger partial charge in [0.15, 0.2) is 0 Å². The van der Waals surface area contributed by atoms with Crippen LogP contribution in [0.5, 0.6) is 0 Å². The Morgan fingerprint density at radius 1 is 1.62 bits per heavy atom. The Balaban J connectivity index is 2.60. The van der Waals surface area contributed by atoms with E-state index in [0.717, 1.165) is 19.4 Å². The summed E-state index contributed by atoms with van der Waals surface area (Å²) in [5, 5.41) is 8.94. The first-order valence-electron chi connectivity index (χ1n) is 5.83. The van der Waals surface area contributed by atoms with Crippen molar-refractivity contribution in [1.29, 1.82) is 5.26 Å². The largest absolute Gasteiger partial charge is 0.376 e. The van der Waals surface area contributed by atoms with Gasteiger partial charge in [0.25, 0.3) is 0 Å². The number of likely N-dealkylation sites (N-methyl/N-ethyl adjacent to an activating group) is 1. The SMILES string of the molecule is CCN(CC1CCCO1)C(=O)C(C)(C)C#N. The zero-order valence-electron chi connectivity index (χ0n) is 10.3. The lowest BCUT2D eigenvalue weighted by molar-refractivity contribution is -0.138. The summed E-state index contributed by atoms with van der Waals surface area (Å²) in [6.07, 6.45) is 2.23. The van der Waals surface area contributed by atoms with Crippen molar-refractivity contribution in [2.45, 2.75) is 39.7 Å². The highest BCUT2D eigenvalue weighted by Crippen LogP contribution is 2.20. The second kappa shape index (κ2) is 5.31. The highest BCUT2D eigenvalue weighted by Gasteiger charge is 2.33. The summed E-state index contributed by atoms with van der Waals surface area (Å²) in [5.41, 5.74) is -0.936. The summed E-state index contributed by atoms with van der Waals surface area (Å²) >= 11 is 0. The Bertz CT molecular complexity index is 288. The molecule has 1 heterocycles. The minimum absolute atomic E-state index is 0.104. The molecule has 0 aromatic heterocycles. The van der Waals surface area contributed by atoms with Gasteiger partial charge in [0, 0.05) is 19.7 Å². The highest BCUT2D eigenvalue weighted by molar-refractivity contribution is 5.84. The molecule has 1 amide bonds. The standard InChI is InChI=1S/C12H20N2O2/c1-4-14(8-10-6-5-7-16-10)11(15)12(2,3)9-13/h10H,4-8H2,1-3H3. The minimum Gasteiger partial charge on any atom is -0.376 e. The summed E-state index contributed by atoms with van der Waals surface area (Å²) in [5.74, 6) is -0.104. The van der Waals surface area contributed by atoms with Crippen molar-refractivity contribution in [2.75, 3.05) is 19.7 Å². The van der Waals surface area contributed by atoms with Crippen LogP contribution in [0.15, 0.2) is 0 Å². The molecule has 1 saturated heterocycles. The van der Waals surface area contributed by atoms with E-state index in [1.807, 2.05) is 13.0 Å². The van der Waals surface area contributed by atoms with Gasteiger partial charge in [-0.15, -0.1) is 0 Å². The fourth-order valence-corrected chi connectivity index (χ4v) is 1.83. The second-order valence-electron chi connectivity index (χ2n) is 4.72. The van der Waals surface area contributed by atoms with Crippen molar-refractivity contribution in [1.82, 2.24) is 4.90 Å². The first kappa shape index (κ1) is 13.0. The first-order chi connectivity index (χ1) is 7.51. The maximum Gasteiger partial charge on any atom is 0.242 e. The first-order valence-corrected chi connectivity index (χ1v) is 5.83. The lowest BCUT2D eigenvalue weighted by Crippen LogP contribution is -2.43. The Kier molecular flexibility index (Phi) is 4.31. The van der Waals surface area contributed by atoms with E-state index in [1.165, 1.54) is 0 Å². The molecule has 1 unspecified atom stereocenters. The summed E-state index contributed by atoms with van der Waals surface area (Å²) in [6, 6.07) is 2.05. The summed E-state index contributed by atoms with van der Waals surface area (Å²) in [4.78, 5) is 13.8. The fraction of sp³-hybridized carbons (Fsp3) is 0.833. The van der Waals surface area contributed by atoms with Crippen LogP contribution in [0.3, 0.4) is 0 Å². The van der Waals surface area contributed by atoms with E-state index in [0.29, 0.717) is 13.1 Å². The molecule has 16 heavy (non-hydrogen) atoms. The molecule has 0 bridgehead atoms. The number of rotatable bonds is 4. The molecular weight excluding hydrogens is 204 g/mol. The van der Waals surface area contributed by atoms with E-state index < -0.39 is 5.41 Å². The van der Waals surface area contributed by atoms with Gasteiger partial charge in [-0.3, -0.25) is 4.79 Å². The van der Waals surface area contributed by atoms with Gasteiger partial charge in [0.1, 0.15) is 5.41 Å². The van der Waals surface area contributed by atoms with Crippen LogP contribution < -0.4 is 0 Å². The highest BCUT2D eigenvalue weighted by atomic mass is 16.5. The zero-order valence-corrected chi connectivity index (χ0v) is 10.3. The minimum atomic E-state index is -0.936. The molecule has 4 heteroatoms. The summed E-state index contributed by atoms with van der Waals surface area (Å²) < 4.78 is 5.50. The van der Waals surface area contributed by atoms with E-state index in [4.69, 9.17) is 10.00 Å². The molecule has 1 aliphatic heterocycles. The molecule has 4 nitrogen and oxygen atoms in total. The van der Waals surface area contributed by atoms with Crippen molar-refractivity contribution >= 4 is 5.91 Å². The smallest absolute Gasteiger partial charge is 0.242 e. The van der Waals surface area contributed by atoms with E-state index >= 15 is 0 Å². The van der Waals surface area contributed by atoms with Crippen LogP contribution >= 0.6 is 0 Å². The van der Waals surface area contributed by atoms with Crippen LogP contribution in [0.2, 0.25) is 0 Å². The van der Waals surface area contributed by atoms with Gasteiger partial charge in [-0.05, 0) is 33.6 Å².